The van der Waals surface area contributed by atoms with Gasteiger partial charge in [0.2, 0.25) is 5.69 Å². The number of carboxylic acids is 1. The second kappa shape index (κ2) is 5.99. The number of carboxylic acid groups (broad SMARTS) is 1. The van der Waals surface area contributed by atoms with Crippen molar-refractivity contribution < 1.29 is 14.6 Å². The summed E-state index contributed by atoms with van der Waals surface area (Å²) in [6.45, 7) is 6.94. The van der Waals surface area contributed by atoms with E-state index in [0.29, 0.717) is 11.4 Å². The fourth-order valence-corrected chi connectivity index (χ4v) is 1.98. The van der Waals surface area contributed by atoms with E-state index in [9.17, 15) is 4.79 Å². The number of carbonyl (C=O) groups is 1. The molecule has 1 heterocycles. The lowest BCUT2D eigenvalue weighted by Crippen LogP contribution is -1.99. The van der Waals surface area contributed by atoms with Crippen LogP contribution in [0, 0.1) is 6.57 Å². The summed E-state index contributed by atoms with van der Waals surface area (Å²) < 4.78 is 5.41. The molecule has 1 aromatic heterocycles. The summed E-state index contributed by atoms with van der Waals surface area (Å²) in [5.41, 5.74) is 2.30. The quantitative estimate of drug-likeness (QED) is 0.719. The lowest BCUT2D eigenvalue weighted by molar-refractivity contribution is 0.0687. The third-order valence-electron chi connectivity index (χ3n) is 3.13. The van der Waals surface area contributed by atoms with Crippen LogP contribution in [0.2, 0.25) is 0 Å². The summed E-state index contributed by atoms with van der Waals surface area (Å²) in [4.78, 5) is 14.3. The number of aromatic nitrogens is 3. The number of hydrogen-bond acceptors (Lipinski definition) is 4. The van der Waals surface area contributed by atoms with E-state index in [2.05, 4.69) is 20.3 Å². The van der Waals surface area contributed by atoms with Crippen molar-refractivity contribution in [1.29, 1.82) is 0 Å². The molecule has 0 fully saturated rings. The Bertz CT molecular complexity index is 877. The van der Waals surface area contributed by atoms with Crippen molar-refractivity contribution in [2.24, 2.45) is 0 Å². The van der Waals surface area contributed by atoms with Crippen molar-refractivity contribution in [3.05, 3.63) is 65.6 Å². The maximum Gasteiger partial charge on any atom is 0.359 e. The van der Waals surface area contributed by atoms with E-state index in [-0.39, 0.29) is 11.6 Å². The van der Waals surface area contributed by atoms with Gasteiger partial charge in [0.15, 0.2) is 5.69 Å². The van der Waals surface area contributed by atoms with E-state index in [1.807, 2.05) is 24.3 Å². The van der Waals surface area contributed by atoms with Gasteiger partial charge in [-0.05, 0) is 23.3 Å². The molecule has 0 aliphatic carbocycles. The SMILES string of the molecule is [C-]#[N+]c1ccc(-c2ccc(Oc3nn[nH]c3C(=O)O)cc2)cc1. The molecule has 112 valence electrons. The molecule has 3 aromatic rings. The lowest BCUT2D eigenvalue weighted by Gasteiger charge is -2.05. The van der Waals surface area contributed by atoms with Crippen LogP contribution in [0.25, 0.3) is 16.0 Å². The Morgan fingerprint density at radius 2 is 1.70 bits per heavy atom. The largest absolute Gasteiger partial charge is 0.476 e. The average Bonchev–Trinajstić information content (AvgIpc) is 3.04. The Morgan fingerprint density at radius 3 is 2.26 bits per heavy atom. The van der Waals surface area contributed by atoms with Crippen LogP contribution >= 0.6 is 0 Å². The van der Waals surface area contributed by atoms with Gasteiger partial charge in [-0.2, -0.15) is 0 Å². The van der Waals surface area contributed by atoms with Crippen LogP contribution in [0.1, 0.15) is 10.5 Å². The number of rotatable bonds is 4. The maximum atomic E-state index is 11.0. The molecule has 0 aliphatic rings. The molecule has 0 bridgehead atoms. The lowest BCUT2D eigenvalue weighted by atomic mass is 10.1. The molecule has 0 saturated carbocycles. The zero-order chi connectivity index (χ0) is 16.2. The van der Waals surface area contributed by atoms with Gasteiger partial charge in [-0.3, -0.25) is 0 Å². The highest BCUT2D eigenvalue weighted by Crippen LogP contribution is 2.27. The first-order chi connectivity index (χ1) is 11.2. The van der Waals surface area contributed by atoms with Crippen LogP contribution in [-0.2, 0) is 0 Å². The standard InChI is InChI=1S/C16H10N4O3/c1-17-12-6-2-10(3-7-12)11-4-8-13(9-5-11)23-15-14(16(21)22)18-20-19-15/h2-9H,(H,21,22)(H,18,19,20). The summed E-state index contributed by atoms with van der Waals surface area (Å²) in [6.07, 6.45) is 0. The molecule has 7 nitrogen and oxygen atoms in total. The minimum atomic E-state index is -1.19. The molecule has 2 N–H and O–H groups in total. The Morgan fingerprint density at radius 1 is 1.09 bits per heavy atom. The van der Waals surface area contributed by atoms with Gasteiger partial charge in [-0.25, -0.2) is 14.7 Å². The van der Waals surface area contributed by atoms with Gasteiger partial charge in [-0.15, -0.1) is 0 Å². The number of hydrogen-bond donors (Lipinski definition) is 2. The Balaban J connectivity index is 1.80. The molecule has 23 heavy (non-hydrogen) atoms. The van der Waals surface area contributed by atoms with Gasteiger partial charge in [0.05, 0.1) is 6.57 Å². The van der Waals surface area contributed by atoms with Gasteiger partial charge in [-0.1, -0.05) is 46.7 Å². The Hall–Kier alpha value is -3.66. The van der Waals surface area contributed by atoms with E-state index < -0.39 is 5.97 Å². The summed E-state index contributed by atoms with van der Waals surface area (Å²) in [6, 6.07) is 14.3. The van der Waals surface area contributed by atoms with Crippen molar-refractivity contribution in [1.82, 2.24) is 15.4 Å². The van der Waals surface area contributed by atoms with Crippen molar-refractivity contribution in [3.63, 3.8) is 0 Å². The molecular formula is C16H10N4O3. The van der Waals surface area contributed by atoms with Crippen LogP contribution in [-0.4, -0.2) is 26.5 Å². The highest BCUT2D eigenvalue weighted by molar-refractivity contribution is 5.87. The van der Waals surface area contributed by atoms with Crippen LogP contribution < -0.4 is 4.74 Å². The number of benzene rings is 2. The summed E-state index contributed by atoms with van der Waals surface area (Å²) in [5, 5.41) is 18.2. The zero-order valence-electron chi connectivity index (χ0n) is 11.7. The van der Waals surface area contributed by atoms with Gasteiger partial charge in [0, 0.05) is 0 Å². The van der Waals surface area contributed by atoms with Crippen LogP contribution in [0.5, 0.6) is 11.6 Å². The molecule has 0 amide bonds. The molecule has 2 aromatic carbocycles. The molecule has 0 unspecified atom stereocenters. The van der Waals surface area contributed by atoms with Crippen LogP contribution in [0.3, 0.4) is 0 Å². The van der Waals surface area contributed by atoms with E-state index in [0.717, 1.165) is 11.1 Å². The van der Waals surface area contributed by atoms with Crippen molar-refractivity contribution >= 4 is 11.7 Å². The predicted molar refractivity (Wildman–Crippen MR) is 81.6 cm³/mol. The number of ether oxygens (including phenoxy) is 1. The van der Waals surface area contributed by atoms with Gasteiger partial charge >= 0.3 is 5.97 Å². The third-order valence-corrected chi connectivity index (χ3v) is 3.13. The smallest absolute Gasteiger partial charge is 0.359 e. The summed E-state index contributed by atoms with van der Waals surface area (Å²) in [7, 11) is 0. The van der Waals surface area contributed by atoms with Crippen LogP contribution in [0.4, 0.5) is 5.69 Å². The van der Waals surface area contributed by atoms with Gasteiger partial charge < -0.3 is 9.84 Å². The first kappa shape index (κ1) is 14.3. The molecule has 0 saturated heterocycles. The average molecular weight is 306 g/mol. The van der Waals surface area contributed by atoms with E-state index >= 15 is 0 Å². The molecule has 3 rings (SSSR count). The number of aromatic amines is 1. The number of H-pyrrole nitrogens is 1. The molecule has 0 spiro atoms. The molecule has 0 radical (unpaired) electrons. The highest BCUT2D eigenvalue weighted by Gasteiger charge is 2.16. The molecule has 7 heteroatoms. The molecule has 0 aliphatic heterocycles. The molecule has 0 atom stereocenters. The van der Waals surface area contributed by atoms with E-state index in [1.54, 1.807) is 24.3 Å². The number of nitrogens with zero attached hydrogens (tertiary/aromatic N) is 3. The number of aromatic carboxylic acids is 1. The van der Waals surface area contributed by atoms with Gasteiger partial charge in [0.1, 0.15) is 5.75 Å². The van der Waals surface area contributed by atoms with E-state index in [4.69, 9.17) is 16.4 Å². The fraction of sp³-hybridized carbons (Fsp3) is 0. The van der Waals surface area contributed by atoms with E-state index in [1.165, 1.54) is 0 Å². The number of nitrogens with one attached hydrogen (secondary N) is 1. The molecular weight excluding hydrogens is 296 g/mol. The second-order valence-corrected chi connectivity index (χ2v) is 4.58. The normalized spacial score (nSPS) is 10.0. The second-order valence-electron chi connectivity index (χ2n) is 4.58. The zero-order valence-corrected chi connectivity index (χ0v) is 11.7. The van der Waals surface area contributed by atoms with Crippen LogP contribution in [0.15, 0.2) is 48.5 Å². The van der Waals surface area contributed by atoms with Crippen molar-refractivity contribution in [3.8, 4) is 22.8 Å². The van der Waals surface area contributed by atoms with Crippen molar-refractivity contribution in [2.75, 3.05) is 0 Å². The van der Waals surface area contributed by atoms with Gasteiger partial charge in [0.25, 0.3) is 5.88 Å². The summed E-state index contributed by atoms with van der Waals surface area (Å²) in [5.74, 6) is -0.837. The fourth-order valence-electron chi connectivity index (χ4n) is 1.98. The maximum absolute atomic E-state index is 11.0. The van der Waals surface area contributed by atoms with Crippen molar-refractivity contribution in [2.45, 2.75) is 0 Å². The summed E-state index contributed by atoms with van der Waals surface area (Å²) >= 11 is 0. The minimum absolute atomic E-state index is 0.0911. The highest BCUT2D eigenvalue weighted by atomic mass is 16.5. The first-order valence-corrected chi connectivity index (χ1v) is 6.57. The topological polar surface area (TPSA) is 92.5 Å². The Kier molecular flexibility index (Phi) is 3.72. The first-order valence-electron chi connectivity index (χ1n) is 6.57. The third kappa shape index (κ3) is 3.01. The Labute approximate surface area is 131 Å². The monoisotopic (exact) mass is 306 g/mol. The minimum Gasteiger partial charge on any atom is -0.476 e. The predicted octanol–water partition coefficient (Wildman–Crippen LogP) is 3.51.